The quantitative estimate of drug-likeness (QED) is 0.516. The molecular weight excluding hydrogens is 449 g/mol. The van der Waals surface area contributed by atoms with E-state index in [1.54, 1.807) is 30.3 Å². The lowest BCUT2D eigenvalue weighted by molar-refractivity contribution is -0.173. The number of nitrogens with zero attached hydrogens (tertiary/aromatic N) is 2. The van der Waals surface area contributed by atoms with Gasteiger partial charge in [0.25, 0.3) is 5.91 Å². The molecule has 2 aromatic carbocycles. The summed E-state index contributed by atoms with van der Waals surface area (Å²) in [5.74, 6) is 0.327. The maximum Gasteiger partial charge on any atom is 0.410 e. The van der Waals surface area contributed by atoms with Crippen LogP contribution in [0, 0.1) is 13.8 Å². The summed E-state index contributed by atoms with van der Waals surface area (Å²) in [5.41, 5.74) is 3.06. The Morgan fingerprint density at radius 2 is 1.76 bits per heavy atom. The van der Waals surface area contributed by atoms with Crippen molar-refractivity contribution >= 4 is 17.4 Å². The third kappa shape index (κ3) is 4.52. The molecule has 1 aromatic heterocycles. The summed E-state index contributed by atoms with van der Waals surface area (Å²) in [6, 6.07) is 7.85. The van der Waals surface area contributed by atoms with Crippen LogP contribution in [-0.4, -0.2) is 36.1 Å². The number of benzene rings is 2. The Morgan fingerprint density at radius 3 is 2.38 bits per heavy atom. The van der Waals surface area contributed by atoms with Crippen LogP contribution in [0.4, 0.5) is 24.7 Å². The number of anilines is 2. The Morgan fingerprint density at radius 1 is 1.09 bits per heavy atom. The summed E-state index contributed by atoms with van der Waals surface area (Å²) in [6.07, 6.45) is -3.69. The summed E-state index contributed by atoms with van der Waals surface area (Å²) in [4.78, 5) is 13.0. The molecule has 0 saturated heterocycles. The van der Waals surface area contributed by atoms with Crippen molar-refractivity contribution in [3.05, 3.63) is 64.8 Å². The molecule has 0 spiro atoms. The molecule has 4 rings (SSSR count). The molecule has 3 aromatic rings. The highest BCUT2D eigenvalue weighted by Gasteiger charge is 2.47. The summed E-state index contributed by atoms with van der Waals surface area (Å²) >= 11 is 0. The van der Waals surface area contributed by atoms with Gasteiger partial charge in [-0.1, -0.05) is 12.1 Å². The standard InChI is InChI=1S/C24H25F3N4O3/c1-13-7-14(2)9-16(8-13)29-23(32)17-12-28-31-21(24(25,26)27)11-18(30-22(17)31)15-5-6-19(33-3)20(10-15)34-4/h5-10,12,18,21,30H,11H2,1-4H3,(H,29,32)/t18-,21+/m0/s1. The number of ether oxygens (including phenoxy) is 2. The van der Waals surface area contributed by atoms with Gasteiger partial charge in [-0.05, 0) is 54.8 Å². The van der Waals surface area contributed by atoms with Crippen LogP contribution in [0.15, 0.2) is 42.6 Å². The van der Waals surface area contributed by atoms with Crippen LogP contribution in [0.3, 0.4) is 0 Å². The minimum atomic E-state index is -4.56. The molecule has 0 bridgehead atoms. The lowest BCUT2D eigenvalue weighted by Crippen LogP contribution is -2.36. The van der Waals surface area contributed by atoms with Gasteiger partial charge in [0.1, 0.15) is 11.4 Å². The summed E-state index contributed by atoms with van der Waals surface area (Å²) in [6.45, 7) is 3.79. The molecule has 34 heavy (non-hydrogen) atoms. The second-order valence-corrected chi connectivity index (χ2v) is 8.29. The molecule has 180 valence electrons. The van der Waals surface area contributed by atoms with E-state index in [1.165, 1.54) is 14.2 Å². The number of hydrogen-bond acceptors (Lipinski definition) is 5. The van der Waals surface area contributed by atoms with Crippen molar-refractivity contribution in [2.75, 3.05) is 24.9 Å². The van der Waals surface area contributed by atoms with Gasteiger partial charge in [0.15, 0.2) is 17.5 Å². The first-order chi connectivity index (χ1) is 16.1. The molecule has 1 aliphatic rings. The molecule has 0 fully saturated rings. The number of methoxy groups -OCH3 is 2. The smallest absolute Gasteiger partial charge is 0.410 e. The van der Waals surface area contributed by atoms with E-state index in [0.717, 1.165) is 22.0 Å². The van der Waals surface area contributed by atoms with E-state index in [0.29, 0.717) is 22.7 Å². The molecule has 2 N–H and O–H groups in total. The summed E-state index contributed by atoms with van der Waals surface area (Å²) in [7, 11) is 2.94. The van der Waals surface area contributed by atoms with E-state index in [4.69, 9.17) is 9.47 Å². The number of hydrogen-bond donors (Lipinski definition) is 2. The Hall–Kier alpha value is -3.69. The molecule has 1 amide bonds. The number of aryl methyl sites for hydroxylation is 2. The van der Waals surface area contributed by atoms with E-state index in [2.05, 4.69) is 15.7 Å². The monoisotopic (exact) mass is 474 g/mol. The summed E-state index contributed by atoms with van der Waals surface area (Å²) < 4.78 is 53.3. The van der Waals surface area contributed by atoms with Crippen LogP contribution in [0.1, 0.15) is 45.6 Å². The number of aromatic nitrogens is 2. The highest BCUT2D eigenvalue weighted by atomic mass is 19.4. The van der Waals surface area contributed by atoms with Gasteiger partial charge < -0.3 is 20.1 Å². The van der Waals surface area contributed by atoms with E-state index < -0.39 is 24.2 Å². The highest BCUT2D eigenvalue weighted by Crippen LogP contribution is 2.45. The third-order valence-electron chi connectivity index (χ3n) is 5.77. The van der Waals surface area contributed by atoms with Crippen molar-refractivity contribution in [2.45, 2.75) is 38.5 Å². The Kier molecular flexibility index (Phi) is 6.16. The molecule has 0 aliphatic carbocycles. The van der Waals surface area contributed by atoms with Gasteiger partial charge in [0.2, 0.25) is 0 Å². The predicted molar refractivity (Wildman–Crippen MR) is 122 cm³/mol. The Bertz CT molecular complexity index is 1200. The van der Waals surface area contributed by atoms with Crippen LogP contribution in [0.25, 0.3) is 0 Å². The lowest BCUT2D eigenvalue weighted by Gasteiger charge is -2.34. The van der Waals surface area contributed by atoms with Crippen LogP contribution < -0.4 is 20.1 Å². The van der Waals surface area contributed by atoms with Gasteiger partial charge >= 0.3 is 6.18 Å². The van der Waals surface area contributed by atoms with Crippen molar-refractivity contribution in [1.82, 2.24) is 9.78 Å². The maximum absolute atomic E-state index is 14.0. The van der Waals surface area contributed by atoms with Crippen LogP contribution in [-0.2, 0) is 0 Å². The Balaban J connectivity index is 1.70. The summed E-state index contributed by atoms with van der Waals surface area (Å²) in [5, 5.41) is 9.77. The zero-order valence-electron chi connectivity index (χ0n) is 19.2. The van der Waals surface area contributed by atoms with Gasteiger partial charge in [-0.25, -0.2) is 4.68 Å². The second kappa shape index (κ2) is 8.92. The minimum absolute atomic E-state index is 0.00948. The zero-order valence-corrected chi connectivity index (χ0v) is 19.2. The first-order valence-corrected chi connectivity index (χ1v) is 10.6. The first-order valence-electron chi connectivity index (χ1n) is 10.6. The van der Waals surface area contributed by atoms with E-state index in [9.17, 15) is 18.0 Å². The average Bonchev–Trinajstić information content (AvgIpc) is 3.20. The number of fused-ring (bicyclic) bond motifs is 1. The fourth-order valence-electron chi connectivity index (χ4n) is 4.26. The molecular formula is C24H25F3N4O3. The lowest BCUT2D eigenvalue weighted by atomic mass is 9.96. The maximum atomic E-state index is 14.0. The molecule has 0 unspecified atom stereocenters. The fourth-order valence-corrected chi connectivity index (χ4v) is 4.26. The van der Waals surface area contributed by atoms with Crippen molar-refractivity contribution < 1.29 is 27.4 Å². The van der Waals surface area contributed by atoms with Crippen molar-refractivity contribution in [3.63, 3.8) is 0 Å². The molecule has 0 saturated carbocycles. The number of nitrogens with one attached hydrogen (secondary N) is 2. The number of rotatable bonds is 5. The largest absolute Gasteiger partial charge is 0.493 e. The van der Waals surface area contributed by atoms with E-state index in [1.807, 2.05) is 19.9 Å². The number of halogens is 3. The molecule has 0 radical (unpaired) electrons. The van der Waals surface area contributed by atoms with Gasteiger partial charge in [0, 0.05) is 12.1 Å². The molecule has 10 heteroatoms. The molecule has 7 nitrogen and oxygen atoms in total. The van der Waals surface area contributed by atoms with E-state index in [-0.39, 0.29) is 17.8 Å². The zero-order chi connectivity index (χ0) is 24.6. The number of amides is 1. The average molecular weight is 474 g/mol. The van der Waals surface area contributed by atoms with Crippen LogP contribution in [0.2, 0.25) is 0 Å². The first kappa shape index (κ1) is 23.5. The Labute approximate surface area is 194 Å². The SMILES string of the molecule is COc1ccc([C@@H]2C[C@H](C(F)(F)F)n3ncc(C(=O)Nc4cc(C)cc(C)c4)c3N2)cc1OC. The fraction of sp³-hybridized carbons (Fsp3) is 0.333. The topological polar surface area (TPSA) is 77.4 Å². The van der Waals surface area contributed by atoms with Crippen molar-refractivity contribution in [1.29, 1.82) is 0 Å². The molecule has 1 aliphatic heterocycles. The van der Waals surface area contributed by atoms with Crippen LogP contribution >= 0.6 is 0 Å². The van der Waals surface area contributed by atoms with Crippen LogP contribution in [0.5, 0.6) is 11.5 Å². The van der Waals surface area contributed by atoms with E-state index >= 15 is 0 Å². The highest BCUT2D eigenvalue weighted by molar-refractivity contribution is 6.07. The molecule has 2 atom stereocenters. The van der Waals surface area contributed by atoms with Crippen molar-refractivity contribution in [2.24, 2.45) is 0 Å². The molecule has 2 heterocycles. The van der Waals surface area contributed by atoms with Gasteiger partial charge in [-0.15, -0.1) is 0 Å². The predicted octanol–water partition coefficient (Wildman–Crippen LogP) is 5.43. The van der Waals surface area contributed by atoms with Crippen molar-refractivity contribution in [3.8, 4) is 11.5 Å². The third-order valence-corrected chi connectivity index (χ3v) is 5.77. The minimum Gasteiger partial charge on any atom is -0.493 e. The number of carbonyl (C=O) groups is 1. The van der Waals surface area contributed by atoms with Gasteiger partial charge in [0.05, 0.1) is 26.5 Å². The normalized spacial score (nSPS) is 17.5. The second-order valence-electron chi connectivity index (χ2n) is 8.29. The number of alkyl halides is 3. The van der Waals surface area contributed by atoms with Gasteiger partial charge in [-0.2, -0.15) is 18.3 Å². The van der Waals surface area contributed by atoms with Gasteiger partial charge in [-0.3, -0.25) is 4.79 Å². The number of carbonyl (C=O) groups excluding carboxylic acids is 1.